The molecule has 4 nitrogen and oxygen atoms in total. The van der Waals surface area contributed by atoms with E-state index in [9.17, 15) is 9.90 Å². The molecule has 0 aliphatic heterocycles. The Hall–Kier alpha value is -1.88. The highest BCUT2D eigenvalue weighted by atomic mass is 32.2. The summed E-state index contributed by atoms with van der Waals surface area (Å²) in [6.45, 7) is 6.44. The lowest BCUT2D eigenvalue weighted by Crippen LogP contribution is -2.10. The van der Waals surface area contributed by atoms with Crippen molar-refractivity contribution in [2.45, 2.75) is 31.3 Å². The van der Waals surface area contributed by atoms with E-state index in [1.54, 1.807) is 7.05 Å². The number of nitrogens with one attached hydrogen (secondary N) is 1. The molecule has 0 bridgehead atoms. The summed E-state index contributed by atoms with van der Waals surface area (Å²) in [4.78, 5) is 11.5. The van der Waals surface area contributed by atoms with Gasteiger partial charge in [0.05, 0.1) is 11.3 Å². The zero-order valence-corrected chi connectivity index (χ0v) is 14.3. The molecule has 0 unspecified atom stereocenters. The molecule has 0 aliphatic carbocycles. The molecule has 0 aliphatic rings. The van der Waals surface area contributed by atoms with Gasteiger partial charge in [0.15, 0.2) is 5.09 Å². The molecule has 1 aromatic heterocycles. The summed E-state index contributed by atoms with van der Waals surface area (Å²) in [7, 11) is 1.77. The van der Waals surface area contributed by atoms with E-state index in [-0.39, 0.29) is 11.2 Å². The van der Waals surface area contributed by atoms with Crippen LogP contribution in [0.15, 0.2) is 33.8 Å². The van der Waals surface area contributed by atoms with Gasteiger partial charge in [-0.15, -0.1) is 0 Å². The highest BCUT2D eigenvalue weighted by molar-refractivity contribution is 7.98. The number of anilines is 1. The van der Waals surface area contributed by atoms with Gasteiger partial charge < -0.3 is 14.8 Å². The summed E-state index contributed by atoms with van der Waals surface area (Å²) in [5.74, 6) is -1.09. The van der Waals surface area contributed by atoms with Gasteiger partial charge in [0.1, 0.15) is 0 Å². The van der Waals surface area contributed by atoms with E-state index in [0.717, 1.165) is 5.56 Å². The molecule has 0 saturated carbocycles. The van der Waals surface area contributed by atoms with Crippen molar-refractivity contribution in [3.05, 3.63) is 35.6 Å². The van der Waals surface area contributed by atoms with Crippen LogP contribution < -0.4 is 5.32 Å². The Labute approximate surface area is 134 Å². The molecular formula is C17H21NO3S. The summed E-state index contributed by atoms with van der Waals surface area (Å²) < 4.78 is 5.50. The fourth-order valence-electron chi connectivity index (χ4n) is 2.34. The second-order valence-electron chi connectivity index (χ2n) is 6.06. The zero-order valence-electron chi connectivity index (χ0n) is 13.5. The van der Waals surface area contributed by atoms with Crippen molar-refractivity contribution in [1.29, 1.82) is 0 Å². The predicted octanol–water partition coefficient (Wildman–Crippen LogP) is 4.71. The third-order valence-electron chi connectivity index (χ3n) is 3.55. The molecule has 118 valence electrons. The Morgan fingerprint density at radius 1 is 1.23 bits per heavy atom. The first-order chi connectivity index (χ1) is 10.3. The standard InChI is InChI=1S/C17H21NO3S/c1-17(2,3)11-8-6-10(7-9-11)12-13(18-4)16(22-5)21-14(12)15(19)20/h6-9,18H,1-5H3,(H,19,20). The smallest absolute Gasteiger partial charge is 0.372 e. The van der Waals surface area contributed by atoms with Crippen LogP contribution in [0.2, 0.25) is 0 Å². The van der Waals surface area contributed by atoms with E-state index in [1.807, 2.05) is 30.5 Å². The average molecular weight is 319 g/mol. The van der Waals surface area contributed by atoms with E-state index < -0.39 is 5.97 Å². The normalized spacial score (nSPS) is 11.5. The van der Waals surface area contributed by atoms with E-state index in [1.165, 1.54) is 17.3 Å². The molecule has 2 N–H and O–H groups in total. The number of hydrogen-bond donors (Lipinski definition) is 2. The van der Waals surface area contributed by atoms with Gasteiger partial charge in [-0.05, 0) is 22.8 Å². The summed E-state index contributed by atoms with van der Waals surface area (Å²) in [6.07, 6.45) is 1.86. The molecule has 0 atom stereocenters. The van der Waals surface area contributed by atoms with Gasteiger partial charge in [-0.25, -0.2) is 4.79 Å². The van der Waals surface area contributed by atoms with Crippen molar-refractivity contribution in [1.82, 2.24) is 0 Å². The minimum atomic E-state index is -1.06. The van der Waals surface area contributed by atoms with Crippen LogP contribution in [0, 0.1) is 0 Å². The molecule has 0 fully saturated rings. The van der Waals surface area contributed by atoms with Crippen LogP contribution >= 0.6 is 11.8 Å². The maximum atomic E-state index is 11.5. The zero-order chi connectivity index (χ0) is 16.5. The maximum Gasteiger partial charge on any atom is 0.372 e. The van der Waals surface area contributed by atoms with Crippen LogP contribution in [0.1, 0.15) is 36.9 Å². The van der Waals surface area contributed by atoms with Crippen molar-refractivity contribution in [3.63, 3.8) is 0 Å². The third-order valence-corrected chi connectivity index (χ3v) is 4.20. The monoisotopic (exact) mass is 319 g/mol. The van der Waals surface area contributed by atoms with Crippen molar-refractivity contribution in [2.24, 2.45) is 0 Å². The Bertz CT molecular complexity index is 681. The molecule has 22 heavy (non-hydrogen) atoms. The van der Waals surface area contributed by atoms with E-state index in [4.69, 9.17) is 4.42 Å². The Kier molecular flexibility index (Phi) is 4.56. The highest BCUT2D eigenvalue weighted by Gasteiger charge is 2.25. The summed E-state index contributed by atoms with van der Waals surface area (Å²) in [5.41, 5.74) is 3.40. The van der Waals surface area contributed by atoms with Gasteiger partial charge in [0.2, 0.25) is 5.76 Å². The number of carbonyl (C=O) groups is 1. The number of thioether (sulfide) groups is 1. The molecular weight excluding hydrogens is 298 g/mol. The van der Waals surface area contributed by atoms with Crippen LogP contribution in [-0.4, -0.2) is 24.4 Å². The van der Waals surface area contributed by atoms with E-state index in [2.05, 4.69) is 26.1 Å². The van der Waals surface area contributed by atoms with Gasteiger partial charge in [0, 0.05) is 7.05 Å². The minimum Gasteiger partial charge on any atom is -0.475 e. The van der Waals surface area contributed by atoms with Crippen LogP contribution in [-0.2, 0) is 5.41 Å². The maximum absolute atomic E-state index is 11.5. The lowest BCUT2D eigenvalue weighted by Gasteiger charge is -2.19. The van der Waals surface area contributed by atoms with Gasteiger partial charge >= 0.3 is 5.97 Å². The number of rotatable bonds is 4. The van der Waals surface area contributed by atoms with Crippen molar-refractivity contribution >= 4 is 23.4 Å². The average Bonchev–Trinajstić information content (AvgIpc) is 2.85. The number of benzene rings is 1. The summed E-state index contributed by atoms with van der Waals surface area (Å²) in [6, 6.07) is 7.96. The van der Waals surface area contributed by atoms with Crippen LogP contribution in [0.3, 0.4) is 0 Å². The van der Waals surface area contributed by atoms with Gasteiger partial charge in [-0.2, -0.15) is 0 Å². The van der Waals surface area contributed by atoms with Crippen LogP contribution in [0.4, 0.5) is 5.69 Å². The SMILES string of the molecule is CNc1c(SC)oc(C(=O)O)c1-c1ccc(C(C)(C)C)cc1. The molecule has 1 heterocycles. The largest absolute Gasteiger partial charge is 0.475 e. The Balaban J connectivity index is 2.60. The summed E-state index contributed by atoms with van der Waals surface area (Å²) in [5, 5.41) is 13.0. The summed E-state index contributed by atoms with van der Waals surface area (Å²) >= 11 is 1.38. The van der Waals surface area contributed by atoms with Crippen molar-refractivity contribution < 1.29 is 14.3 Å². The molecule has 0 saturated heterocycles. The molecule has 0 spiro atoms. The molecule has 0 amide bonds. The Morgan fingerprint density at radius 2 is 1.82 bits per heavy atom. The number of hydrogen-bond acceptors (Lipinski definition) is 4. The van der Waals surface area contributed by atoms with Crippen LogP contribution in [0.25, 0.3) is 11.1 Å². The van der Waals surface area contributed by atoms with Crippen LogP contribution in [0.5, 0.6) is 0 Å². The Morgan fingerprint density at radius 3 is 2.23 bits per heavy atom. The first-order valence-corrected chi connectivity index (χ1v) is 8.24. The number of carboxylic acid groups (broad SMARTS) is 1. The second kappa shape index (κ2) is 6.08. The fraction of sp³-hybridized carbons (Fsp3) is 0.353. The van der Waals surface area contributed by atoms with Crippen molar-refractivity contribution in [3.8, 4) is 11.1 Å². The van der Waals surface area contributed by atoms with Gasteiger partial charge in [-0.3, -0.25) is 0 Å². The fourth-order valence-corrected chi connectivity index (χ4v) is 2.92. The first kappa shape index (κ1) is 16.5. The second-order valence-corrected chi connectivity index (χ2v) is 6.83. The topological polar surface area (TPSA) is 62.5 Å². The lowest BCUT2D eigenvalue weighted by molar-refractivity contribution is 0.0658. The highest BCUT2D eigenvalue weighted by Crippen LogP contribution is 2.41. The predicted molar refractivity (Wildman–Crippen MR) is 91.1 cm³/mol. The molecule has 0 radical (unpaired) electrons. The van der Waals surface area contributed by atoms with Crippen molar-refractivity contribution in [2.75, 3.05) is 18.6 Å². The third kappa shape index (κ3) is 2.99. The van der Waals surface area contributed by atoms with E-state index >= 15 is 0 Å². The first-order valence-electron chi connectivity index (χ1n) is 7.02. The van der Waals surface area contributed by atoms with Gasteiger partial charge in [0.25, 0.3) is 0 Å². The molecule has 2 aromatic rings. The quantitative estimate of drug-likeness (QED) is 0.799. The number of aromatic carboxylic acids is 1. The number of furan rings is 1. The van der Waals surface area contributed by atoms with E-state index in [0.29, 0.717) is 16.3 Å². The molecule has 1 aromatic carbocycles. The molecule has 2 rings (SSSR count). The molecule has 5 heteroatoms. The minimum absolute atomic E-state index is 0.0304. The lowest BCUT2D eigenvalue weighted by atomic mass is 9.86. The number of carboxylic acids is 1. The van der Waals surface area contributed by atoms with Gasteiger partial charge in [-0.1, -0.05) is 56.8 Å².